The summed E-state index contributed by atoms with van der Waals surface area (Å²) in [5.41, 5.74) is -0.316. The number of nitrogens with zero attached hydrogens (tertiary/aromatic N) is 2. The molecule has 1 N–H and O–H groups in total. The fraction of sp³-hybridized carbons (Fsp3) is 0.257. The molecule has 0 bridgehead atoms. The summed E-state index contributed by atoms with van der Waals surface area (Å²) in [5, 5.41) is 2.62. The number of halogens is 5. The quantitative estimate of drug-likeness (QED) is 0.150. The first-order valence-corrected chi connectivity index (χ1v) is 17.6. The minimum absolute atomic E-state index is 0.0819. The molecule has 0 aromatic heterocycles. The van der Waals surface area contributed by atoms with E-state index in [-0.39, 0.29) is 28.9 Å². The Labute approximate surface area is 291 Å². The van der Waals surface area contributed by atoms with Crippen LogP contribution in [-0.4, -0.2) is 43.8 Å². The van der Waals surface area contributed by atoms with Crippen LogP contribution in [-0.2, 0) is 38.8 Å². The fourth-order valence-corrected chi connectivity index (χ4v) is 7.10. The SMILES string of the molecule is CCC(C)NC(=O)C(Cc1ccccc1)N(Cc1cccc(Br)c1)C(=O)CN(c1cc(C(F)(F)F)ccc1Cl)S(=O)(=O)c1ccccc1. The smallest absolute Gasteiger partial charge is 0.352 e. The molecule has 0 spiro atoms. The van der Waals surface area contributed by atoms with Crippen LogP contribution in [0.5, 0.6) is 0 Å². The molecule has 254 valence electrons. The van der Waals surface area contributed by atoms with Crippen LogP contribution in [0.3, 0.4) is 0 Å². The van der Waals surface area contributed by atoms with Gasteiger partial charge in [0.1, 0.15) is 12.6 Å². The van der Waals surface area contributed by atoms with Gasteiger partial charge in [0.05, 0.1) is 21.2 Å². The average Bonchev–Trinajstić information content (AvgIpc) is 3.05. The molecular weight excluding hydrogens is 731 g/mol. The van der Waals surface area contributed by atoms with Gasteiger partial charge < -0.3 is 10.2 Å². The van der Waals surface area contributed by atoms with Crippen molar-refractivity contribution < 1.29 is 31.2 Å². The number of amides is 2. The molecule has 0 aliphatic carbocycles. The molecule has 0 aliphatic heterocycles. The number of benzene rings is 4. The zero-order valence-electron chi connectivity index (χ0n) is 26.1. The fourth-order valence-electron chi connectivity index (χ4n) is 4.94. The molecule has 0 saturated heterocycles. The normalized spacial score (nSPS) is 13.0. The number of sulfonamides is 1. The molecule has 4 aromatic rings. The minimum Gasteiger partial charge on any atom is -0.352 e. The first-order chi connectivity index (χ1) is 22.7. The molecule has 48 heavy (non-hydrogen) atoms. The van der Waals surface area contributed by atoms with Crippen LogP contribution in [0.25, 0.3) is 0 Å². The zero-order valence-corrected chi connectivity index (χ0v) is 29.3. The van der Waals surface area contributed by atoms with Gasteiger partial charge in [-0.15, -0.1) is 0 Å². The van der Waals surface area contributed by atoms with E-state index in [0.717, 1.165) is 17.7 Å². The number of nitrogens with one attached hydrogen (secondary N) is 1. The van der Waals surface area contributed by atoms with Crippen molar-refractivity contribution >= 4 is 55.1 Å². The highest BCUT2D eigenvalue weighted by molar-refractivity contribution is 9.10. The van der Waals surface area contributed by atoms with Crippen molar-refractivity contribution in [2.75, 3.05) is 10.8 Å². The highest BCUT2D eigenvalue weighted by Crippen LogP contribution is 2.37. The second-order valence-electron chi connectivity index (χ2n) is 11.2. The maximum Gasteiger partial charge on any atom is 0.416 e. The third kappa shape index (κ3) is 9.39. The predicted octanol–water partition coefficient (Wildman–Crippen LogP) is 7.87. The summed E-state index contributed by atoms with van der Waals surface area (Å²) in [6, 6.07) is 24.0. The summed E-state index contributed by atoms with van der Waals surface area (Å²) in [5.74, 6) is -1.30. The second-order valence-corrected chi connectivity index (χ2v) is 14.3. The number of carbonyl (C=O) groups is 2. The van der Waals surface area contributed by atoms with Gasteiger partial charge in [-0.3, -0.25) is 13.9 Å². The van der Waals surface area contributed by atoms with Crippen molar-refractivity contribution in [2.45, 2.75) is 56.4 Å². The van der Waals surface area contributed by atoms with E-state index in [0.29, 0.717) is 26.8 Å². The second kappa shape index (κ2) is 16.0. The lowest BCUT2D eigenvalue weighted by Crippen LogP contribution is -2.54. The number of hydrogen-bond acceptors (Lipinski definition) is 4. The van der Waals surface area contributed by atoms with E-state index in [4.69, 9.17) is 11.6 Å². The van der Waals surface area contributed by atoms with Gasteiger partial charge in [-0.2, -0.15) is 13.2 Å². The number of anilines is 1. The molecule has 0 aliphatic rings. The number of alkyl halides is 3. The summed E-state index contributed by atoms with van der Waals surface area (Å²) in [6.45, 7) is 2.65. The molecule has 2 atom stereocenters. The maximum atomic E-state index is 14.5. The lowest BCUT2D eigenvalue weighted by molar-refractivity contribution is -0.140. The molecule has 7 nitrogen and oxygen atoms in total. The van der Waals surface area contributed by atoms with E-state index in [1.54, 1.807) is 54.6 Å². The number of hydrogen-bond donors (Lipinski definition) is 1. The van der Waals surface area contributed by atoms with Crippen molar-refractivity contribution in [2.24, 2.45) is 0 Å². The van der Waals surface area contributed by atoms with Crippen LogP contribution in [0.4, 0.5) is 18.9 Å². The van der Waals surface area contributed by atoms with Crippen LogP contribution >= 0.6 is 27.5 Å². The van der Waals surface area contributed by atoms with E-state index < -0.39 is 51.9 Å². The molecule has 0 saturated carbocycles. The highest BCUT2D eigenvalue weighted by Gasteiger charge is 2.37. The van der Waals surface area contributed by atoms with Crippen molar-refractivity contribution in [3.8, 4) is 0 Å². The molecule has 2 amide bonds. The van der Waals surface area contributed by atoms with E-state index in [2.05, 4.69) is 21.2 Å². The Hall–Kier alpha value is -3.87. The topological polar surface area (TPSA) is 86.8 Å². The van der Waals surface area contributed by atoms with E-state index >= 15 is 0 Å². The average molecular weight is 765 g/mol. The maximum absolute atomic E-state index is 14.5. The zero-order chi connectivity index (χ0) is 35.1. The lowest BCUT2D eigenvalue weighted by Gasteiger charge is -2.34. The third-order valence-electron chi connectivity index (χ3n) is 7.67. The summed E-state index contributed by atoms with van der Waals surface area (Å²) >= 11 is 9.80. The Morgan fingerprint density at radius 3 is 2.12 bits per heavy atom. The summed E-state index contributed by atoms with van der Waals surface area (Å²) in [7, 11) is -4.65. The van der Waals surface area contributed by atoms with Crippen molar-refractivity contribution in [3.05, 3.63) is 129 Å². The molecular formula is C35H34BrClF3N3O4S. The van der Waals surface area contributed by atoms with Crippen LogP contribution in [0.15, 0.2) is 112 Å². The van der Waals surface area contributed by atoms with Crippen LogP contribution in [0.1, 0.15) is 37.0 Å². The predicted molar refractivity (Wildman–Crippen MR) is 184 cm³/mol. The van der Waals surface area contributed by atoms with Gasteiger partial charge in [-0.1, -0.05) is 95.1 Å². The van der Waals surface area contributed by atoms with Crippen molar-refractivity contribution in [1.29, 1.82) is 0 Å². The summed E-state index contributed by atoms with van der Waals surface area (Å²) in [4.78, 5) is 29.5. The molecule has 4 rings (SSSR count). The molecule has 2 unspecified atom stereocenters. The Bertz CT molecular complexity index is 1830. The van der Waals surface area contributed by atoms with E-state index in [1.807, 2.05) is 19.9 Å². The van der Waals surface area contributed by atoms with Crippen molar-refractivity contribution in [3.63, 3.8) is 0 Å². The van der Waals surface area contributed by atoms with Gasteiger partial charge in [0.25, 0.3) is 10.0 Å². The highest BCUT2D eigenvalue weighted by atomic mass is 79.9. The molecule has 0 radical (unpaired) electrons. The van der Waals surface area contributed by atoms with Crippen LogP contribution in [0.2, 0.25) is 5.02 Å². The van der Waals surface area contributed by atoms with Crippen LogP contribution in [0, 0.1) is 0 Å². The van der Waals surface area contributed by atoms with E-state index in [1.165, 1.54) is 29.2 Å². The van der Waals surface area contributed by atoms with Gasteiger partial charge in [0.15, 0.2) is 0 Å². The Morgan fingerprint density at radius 1 is 0.896 bits per heavy atom. The summed E-state index contributed by atoms with van der Waals surface area (Å²) < 4.78 is 71.1. The van der Waals surface area contributed by atoms with Gasteiger partial charge in [0.2, 0.25) is 11.8 Å². The van der Waals surface area contributed by atoms with Crippen LogP contribution < -0.4 is 9.62 Å². The Morgan fingerprint density at radius 2 is 1.52 bits per heavy atom. The van der Waals surface area contributed by atoms with Gasteiger partial charge in [-0.05, 0) is 66.9 Å². The molecule has 13 heteroatoms. The Balaban J connectivity index is 1.87. The molecule has 0 fully saturated rings. The van der Waals surface area contributed by atoms with Gasteiger partial charge in [-0.25, -0.2) is 8.42 Å². The van der Waals surface area contributed by atoms with Gasteiger partial charge >= 0.3 is 6.18 Å². The van der Waals surface area contributed by atoms with E-state index in [9.17, 15) is 31.2 Å². The number of carbonyl (C=O) groups excluding carboxylic acids is 2. The minimum atomic E-state index is -4.83. The lowest BCUT2D eigenvalue weighted by atomic mass is 10.0. The first-order valence-electron chi connectivity index (χ1n) is 15.0. The molecule has 0 heterocycles. The molecule has 4 aromatic carbocycles. The number of rotatable bonds is 13. The Kier molecular flexibility index (Phi) is 12.3. The standard InChI is InChI=1S/C35H34BrClF3N3O4S/c1-3-24(2)41-34(45)32(20-25-11-6-4-7-12-25)42(22-26-13-10-14-28(36)19-26)33(44)23-43(48(46,47)29-15-8-5-9-16-29)31-21-27(35(38,39)40)17-18-30(31)37/h4-19,21,24,32H,3,20,22-23H2,1-2H3,(H,41,45). The largest absolute Gasteiger partial charge is 0.416 e. The first kappa shape index (κ1) is 37.0. The third-order valence-corrected chi connectivity index (χ3v) is 10.3. The summed E-state index contributed by atoms with van der Waals surface area (Å²) in [6.07, 6.45) is -4.13. The van der Waals surface area contributed by atoms with Gasteiger partial charge in [0, 0.05) is 23.5 Å². The monoisotopic (exact) mass is 763 g/mol. The van der Waals surface area contributed by atoms with Crippen molar-refractivity contribution in [1.82, 2.24) is 10.2 Å².